The number of benzene rings is 2. The first kappa shape index (κ1) is 23.5. The molecule has 8 nitrogen and oxygen atoms in total. The van der Waals surface area contributed by atoms with Crippen LogP contribution >= 0.6 is 0 Å². The van der Waals surface area contributed by atoms with E-state index in [9.17, 15) is 18.8 Å². The summed E-state index contributed by atoms with van der Waals surface area (Å²) in [7, 11) is 0. The van der Waals surface area contributed by atoms with Crippen molar-refractivity contribution in [3.8, 4) is 0 Å². The van der Waals surface area contributed by atoms with Crippen LogP contribution in [0.1, 0.15) is 34.8 Å². The molecule has 0 radical (unpaired) electrons. The van der Waals surface area contributed by atoms with E-state index in [0.717, 1.165) is 0 Å². The summed E-state index contributed by atoms with van der Waals surface area (Å²) in [6.45, 7) is 0.677. The van der Waals surface area contributed by atoms with Crippen molar-refractivity contribution in [3.05, 3.63) is 100 Å². The number of carbonyl (C=O) groups is 2. The van der Waals surface area contributed by atoms with Crippen molar-refractivity contribution >= 4 is 22.8 Å². The Bertz CT molecular complexity index is 1450. The minimum absolute atomic E-state index is 0.153. The van der Waals surface area contributed by atoms with E-state index in [2.05, 4.69) is 4.98 Å². The van der Waals surface area contributed by atoms with Gasteiger partial charge in [0.25, 0.3) is 11.5 Å². The summed E-state index contributed by atoms with van der Waals surface area (Å²) < 4.78 is 25.7. The number of hydrogen-bond donors (Lipinski definition) is 0. The summed E-state index contributed by atoms with van der Waals surface area (Å²) in [5.74, 6) is -0.759. The van der Waals surface area contributed by atoms with Crippen LogP contribution in [0.5, 0.6) is 0 Å². The fraction of sp³-hybridized carbons (Fsp3) is 0.259. The van der Waals surface area contributed by atoms with E-state index in [0.29, 0.717) is 47.4 Å². The van der Waals surface area contributed by atoms with Crippen LogP contribution in [0.4, 0.5) is 4.39 Å². The maximum Gasteiger partial charge on any atom is 0.311 e. The highest BCUT2D eigenvalue weighted by atomic mass is 19.1. The Hall–Kier alpha value is -4.27. The lowest BCUT2D eigenvalue weighted by molar-refractivity contribution is -0.151. The number of hydrogen-bond acceptors (Lipinski definition) is 6. The Morgan fingerprint density at radius 3 is 2.67 bits per heavy atom. The van der Waals surface area contributed by atoms with E-state index in [-0.39, 0.29) is 31.2 Å². The quantitative estimate of drug-likeness (QED) is 0.383. The van der Waals surface area contributed by atoms with Gasteiger partial charge in [-0.15, -0.1) is 0 Å². The van der Waals surface area contributed by atoms with Crippen LogP contribution in [-0.2, 0) is 22.7 Å². The molecule has 9 heteroatoms. The highest BCUT2D eigenvalue weighted by Crippen LogP contribution is 2.21. The molecule has 0 bridgehead atoms. The number of ether oxygens (including phenoxy) is 1. The topological polar surface area (TPSA) is 94.6 Å². The number of nitrogens with zero attached hydrogens (tertiary/aromatic N) is 3. The minimum Gasteiger partial charge on any atom is -0.467 e. The number of esters is 1. The number of amides is 1. The standard InChI is InChI=1S/C27H24FN3O5/c28-20-11-9-18(10-12-20)25(32)30-13-3-5-19(15-30)27(34)36-17-24-29-23-8-2-1-7-22(23)26(33)31(24)16-21-6-4-14-35-21/h1-2,4,6-12,14,19H,3,5,13,15-17H2/t19-/m0/s1. The molecule has 0 unspecified atom stereocenters. The van der Waals surface area contributed by atoms with Gasteiger partial charge in [-0.2, -0.15) is 0 Å². The van der Waals surface area contributed by atoms with Crippen LogP contribution in [-0.4, -0.2) is 39.4 Å². The molecule has 1 atom stereocenters. The zero-order valence-corrected chi connectivity index (χ0v) is 19.4. The number of fused-ring (bicyclic) bond motifs is 1. The lowest BCUT2D eigenvalue weighted by Gasteiger charge is -2.31. The fourth-order valence-electron chi connectivity index (χ4n) is 4.43. The first-order valence-electron chi connectivity index (χ1n) is 11.7. The van der Waals surface area contributed by atoms with Gasteiger partial charge in [0.2, 0.25) is 0 Å². The Balaban J connectivity index is 1.31. The Labute approximate surface area is 205 Å². The van der Waals surface area contributed by atoms with Crippen molar-refractivity contribution in [1.29, 1.82) is 0 Å². The number of carbonyl (C=O) groups excluding carboxylic acids is 2. The van der Waals surface area contributed by atoms with Gasteiger partial charge in [0.1, 0.15) is 18.2 Å². The summed E-state index contributed by atoms with van der Waals surface area (Å²) in [4.78, 5) is 45.1. The monoisotopic (exact) mass is 489 g/mol. The zero-order chi connectivity index (χ0) is 25.1. The largest absolute Gasteiger partial charge is 0.467 e. The van der Waals surface area contributed by atoms with Crippen molar-refractivity contribution < 1.29 is 23.1 Å². The molecule has 0 aliphatic carbocycles. The minimum atomic E-state index is -0.506. The molecule has 0 N–H and O–H groups in total. The molecule has 5 rings (SSSR count). The van der Waals surface area contributed by atoms with Crippen molar-refractivity contribution in [2.45, 2.75) is 26.0 Å². The third-order valence-corrected chi connectivity index (χ3v) is 6.31. The Morgan fingerprint density at radius 1 is 1.08 bits per heavy atom. The predicted molar refractivity (Wildman–Crippen MR) is 129 cm³/mol. The second-order valence-electron chi connectivity index (χ2n) is 8.72. The van der Waals surface area contributed by atoms with Gasteiger partial charge in [-0.05, 0) is 61.4 Å². The van der Waals surface area contributed by atoms with Crippen molar-refractivity contribution in [2.75, 3.05) is 13.1 Å². The summed E-state index contributed by atoms with van der Waals surface area (Å²) >= 11 is 0. The van der Waals surface area contributed by atoms with E-state index in [4.69, 9.17) is 9.15 Å². The smallest absolute Gasteiger partial charge is 0.311 e. The Kier molecular flexibility index (Phi) is 6.62. The lowest BCUT2D eigenvalue weighted by atomic mass is 9.97. The molecule has 2 aromatic heterocycles. The van der Waals surface area contributed by atoms with Gasteiger partial charge in [0.15, 0.2) is 5.82 Å². The number of piperidine rings is 1. The number of aromatic nitrogens is 2. The second kappa shape index (κ2) is 10.2. The molecular weight excluding hydrogens is 465 g/mol. The summed E-state index contributed by atoms with van der Waals surface area (Å²) in [5, 5.41) is 0.460. The molecule has 3 heterocycles. The van der Waals surface area contributed by atoms with Crippen LogP contribution < -0.4 is 5.56 Å². The van der Waals surface area contributed by atoms with Crippen molar-refractivity contribution in [1.82, 2.24) is 14.5 Å². The van der Waals surface area contributed by atoms with E-state index in [1.165, 1.54) is 35.1 Å². The maximum atomic E-state index is 13.2. The van der Waals surface area contributed by atoms with E-state index in [1.54, 1.807) is 41.3 Å². The molecule has 1 aliphatic rings. The van der Waals surface area contributed by atoms with E-state index < -0.39 is 17.7 Å². The van der Waals surface area contributed by atoms with Gasteiger partial charge in [-0.1, -0.05) is 12.1 Å². The average Bonchev–Trinajstić information content (AvgIpc) is 3.42. The highest BCUT2D eigenvalue weighted by Gasteiger charge is 2.30. The van der Waals surface area contributed by atoms with Crippen LogP contribution in [0.3, 0.4) is 0 Å². The lowest BCUT2D eigenvalue weighted by Crippen LogP contribution is -2.42. The van der Waals surface area contributed by atoms with E-state index >= 15 is 0 Å². The van der Waals surface area contributed by atoms with Crippen molar-refractivity contribution in [2.24, 2.45) is 5.92 Å². The van der Waals surface area contributed by atoms with Gasteiger partial charge in [0, 0.05) is 18.7 Å². The molecule has 0 saturated carbocycles. The van der Waals surface area contributed by atoms with Crippen LogP contribution in [0, 0.1) is 11.7 Å². The highest BCUT2D eigenvalue weighted by molar-refractivity contribution is 5.94. The molecule has 0 spiro atoms. The van der Waals surface area contributed by atoms with Gasteiger partial charge >= 0.3 is 5.97 Å². The molecule has 1 fully saturated rings. The van der Waals surface area contributed by atoms with Crippen LogP contribution in [0.15, 0.2) is 76.1 Å². The molecule has 1 amide bonds. The van der Waals surface area contributed by atoms with Crippen LogP contribution in [0.25, 0.3) is 10.9 Å². The molecule has 1 saturated heterocycles. The summed E-state index contributed by atoms with van der Waals surface area (Å²) in [6.07, 6.45) is 2.75. The number of likely N-dealkylation sites (tertiary alicyclic amines) is 1. The molecule has 36 heavy (non-hydrogen) atoms. The molecule has 1 aliphatic heterocycles. The third-order valence-electron chi connectivity index (χ3n) is 6.31. The van der Waals surface area contributed by atoms with Crippen LogP contribution in [0.2, 0.25) is 0 Å². The zero-order valence-electron chi connectivity index (χ0n) is 19.4. The SMILES string of the molecule is O=C(OCc1nc2ccccc2c(=O)n1Cc1ccco1)[C@H]1CCCN(C(=O)c2ccc(F)cc2)C1. The predicted octanol–water partition coefficient (Wildman–Crippen LogP) is 3.77. The van der Waals surface area contributed by atoms with Gasteiger partial charge < -0.3 is 14.1 Å². The average molecular weight is 490 g/mol. The number of rotatable bonds is 6. The first-order chi connectivity index (χ1) is 17.5. The maximum absolute atomic E-state index is 13.2. The number of para-hydroxylation sites is 1. The summed E-state index contributed by atoms with van der Waals surface area (Å²) in [5.41, 5.74) is 0.627. The molecular formula is C27H24FN3O5. The number of halogens is 1. The van der Waals surface area contributed by atoms with Gasteiger partial charge in [-0.25, -0.2) is 9.37 Å². The molecule has 4 aromatic rings. The summed E-state index contributed by atoms with van der Waals surface area (Å²) in [6, 6.07) is 15.8. The number of furan rings is 1. The first-order valence-corrected chi connectivity index (χ1v) is 11.7. The van der Waals surface area contributed by atoms with Gasteiger partial charge in [0.05, 0.1) is 29.6 Å². The van der Waals surface area contributed by atoms with Crippen molar-refractivity contribution in [3.63, 3.8) is 0 Å². The Morgan fingerprint density at radius 2 is 1.89 bits per heavy atom. The second-order valence-corrected chi connectivity index (χ2v) is 8.72. The molecule has 184 valence electrons. The molecule has 2 aromatic carbocycles. The van der Waals surface area contributed by atoms with E-state index in [1.807, 2.05) is 0 Å². The normalized spacial score (nSPS) is 15.7. The van der Waals surface area contributed by atoms with Gasteiger partial charge in [-0.3, -0.25) is 19.0 Å². The third kappa shape index (κ3) is 4.91. The fourth-order valence-corrected chi connectivity index (χ4v) is 4.43.